The molecule has 0 amide bonds. The fraction of sp³-hybridized carbons (Fsp3) is 1.00. The van der Waals surface area contributed by atoms with E-state index in [1.807, 2.05) is 7.05 Å². The number of rotatable bonds is 4. The number of hydrogen-bond acceptors (Lipinski definition) is 3. The van der Waals surface area contributed by atoms with Gasteiger partial charge in [0, 0.05) is 25.2 Å². The lowest BCUT2D eigenvalue weighted by Gasteiger charge is -2.43. The highest BCUT2D eigenvalue weighted by Gasteiger charge is 2.31. The highest BCUT2D eigenvalue weighted by molar-refractivity contribution is 4.86. The van der Waals surface area contributed by atoms with E-state index in [0.717, 1.165) is 26.1 Å². The summed E-state index contributed by atoms with van der Waals surface area (Å²) in [5.41, 5.74) is 0. The standard InChI is InChI=1S/C11H24N2O/c1-5-11-10(8-12-4)13(9(2)3)6-7-14-11/h9-12H,5-8H2,1-4H3. The van der Waals surface area contributed by atoms with Gasteiger partial charge in [0.25, 0.3) is 0 Å². The Kier molecular flexibility index (Phi) is 4.85. The van der Waals surface area contributed by atoms with E-state index in [4.69, 9.17) is 4.74 Å². The Labute approximate surface area is 87.8 Å². The van der Waals surface area contributed by atoms with Crippen molar-refractivity contribution < 1.29 is 4.74 Å². The van der Waals surface area contributed by atoms with Crippen molar-refractivity contribution in [1.82, 2.24) is 10.2 Å². The average molecular weight is 200 g/mol. The van der Waals surface area contributed by atoms with E-state index in [-0.39, 0.29) is 0 Å². The van der Waals surface area contributed by atoms with Gasteiger partial charge in [-0.15, -0.1) is 0 Å². The molecule has 0 aromatic heterocycles. The molecular weight excluding hydrogens is 176 g/mol. The van der Waals surface area contributed by atoms with E-state index in [1.54, 1.807) is 0 Å². The van der Waals surface area contributed by atoms with Crippen molar-refractivity contribution in [3.63, 3.8) is 0 Å². The number of hydrogen-bond donors (Lipinski definition) is 1. The lowest BCUT2D eigenvalue weighted by atomic mass is 10.0. The summed E-state index contributed by atoms with van der Waals surface area (Å²) in [6, 6.07) is 1.16. The van der Waals surface area contributed by atoms with Gasteiger partial charge in [0.2, 0.25) is 0 Å². The molecule has 1 saturated heterocycles. The Morgan fingerprint density at radius 3 is 2.71 bits per heavy atom. The van der Waals surface area contributed by atoms with Crippen molar-refractivity contribution in [2.75, 3.05) is 26.7 Å². The number of nitrogens with zero attached hydrogens (tertiary/aromatic N) is 1. The second kappa shape index (κ2) is 5.69. The molecule has 0 radical (unpaired) electrons. The third-order valence-electron chi connectivity index (χ3n) is 3.02. The fourth-order valence-corrected chi connectivity index (χ4v) is 2.29. The molecule has 14 heavy (non-hydrogen) atoms. The fourth-order valence-electron chi connectivity index (χ4n) is 2.29. The molecule has 1 N–H and O–H groups in total. The molecule has 3 nitrogen and oxygen atoms in total. The molecule has 0 bridgehead atoms. The maximum absolute atomic E-state index is 5.79. The number of ether oxygens (including phenoxy) is 1. The molecule has 1 fully saturated rings. The lowest BCUT2D eigenvalue weighted by Crippen LogP contribution is -2.57. The van der Waals surface area contributed by atoms with Crippen LogP contribution in [0.2, 0.25) is 0 Å². The van der Waals surface area contributed by atoms with Crippen LogP contribution in [0.5, 0.6) is 0 Å². The summed E-state index contributed by atoms with van der Waals surface area (Å²) in [4.78, 5) is 2.55. The SMILES string of the molecule is CCC1OCCN(C(C)C)C1CNC. The van der Waals surface area contributed by atoms with Gasteiger partial charge in [0.1, 0.15) is 0 Å². The molecule has 2 unspecified atom stereocenters. The summed E-state index contributed by atoms with van der Waals surface area (Å²) >= 11 is 0. The first kappa shape index (κ1) is 12.0. The van der Waals surface area contributed by atoms with Crippen molar-refractivity contribution in [1.29, 1.82) is 0 Å². The van der Waals surface area contributed by atoms with E-state index < -0.39 is 0 Å². The van der Waals surface area contributed by atoms with Gasteiger partial charge in [-0.3, -0.25) is 4.90 Å². The quantitative estimate of drug-likeness (QED) is 0.735. The van der Waals surface area contributed by atoms with E-state index >= 15 is 0 Å². The maximum Gasteiger partial charge on any atom is 0.0740 e. The van der Waals surface area contributed by atoms with Gasteiger partial charge in [-0.2, -0.15) is 0 Å². The van der Waals surface area contributed by atoms with Gasteiger partial charge in [-0.05, 0) is 27.3 Å². The Morgan fingerprint density at radius 2 is 2.21 bits per heavy atom. The van der Waals surface area contributed by atoms with Crippen LogP contribution in [0, 0.1) is 0 Å². The van der Waals surface area contributed by atoms with Gasteiger partial charge >= 0.3 is 0 Å². The molecule has 1 aliphatic rings. The van der Waals surface area contributed by atoms with Crippen LogP contribution in [-0.4, -0.2) is 49.8 Å². The van der Waals surface area contributed by atoms with Crippen LogP contribution in [-0.2, 0) is 4.74 Å². The minimum absolute atomic E-state index is 0.401. The highest BCUT2D eigenvalue weighted by atomic mass is 16.5. The maximum atomic E-state index is 5.79. The average Bonchev–Trinajstić information content (AvgIpc) is 2.18. The van der Waals surface area contributed by atoms with Crippen LogP contribution < -0.4 is 5.32 Å². The minimum atomic E-state index is 0.401. The van der Waals surface area contributed by atoms with Crippen LogP contribution in [0.3, 0.4) is 0 Å². The molecule has 2 atom stereocenters. The Balaban J connectivity index is 2.62. The molecule has 0 saturated carbocycles. The smallest absolute Gasteiger partial charge is 0.0740 e. The van der Waals surface area contributed by atoms with Crippen LogP contribution >= 0.6 is 0 Å². The lowest BCUT2D eigenvalue weighted by molar-refractivity contribution is -0.0813. The summed E-state index contributed by atoms with van der Waals surface area (Å²) in [6.45, 7) is 9.71. The highest BCUT2D eigenvalue weighted by Crippen LogP contribution is 2.18. The summed E-state index contributed by atoms with van der Waals surface area (Å²) in [7, 11) is 2.01. The second-order valence-corrected chi connectivity index (χ2v) is 4.27. The normalized spacial score (nSPS) is 29.8. The molecule has 0 aliphatic carbocycles. The van der Waals surface area contributed by atoms with Crippen molar-refractivity contribution in [2.45, 2.75) is 45.4 Å². The summed E-state index contributed by atoms with van der Waals surface area (Å²) < 4.78 is 5.79. The first-order valence-electron chi connectivity index (χ1n) is 5.72. The molecular formula is C11H24N2O. The Hall–Kier alpha value is -0.120. The largest absolute Gasteiger partial charge is 0.375 e. The molecule has 0 aromatic rings. The van der Waals surface area contributed by atoms with E-state index in [0.29, 0.717) is 18.2 Å². The van der Waals surface area contributed by atoms with Crippen LogP contribution in [0.25, 0.3) is 0 Å². The number of morpholine rings is 1. The van der Waals surface area contributed by atoms with Crippen LogP contribution in [0.15, 0.2) is 0 Å². The molecule has 0 aromatic carbocycles. The summed E-state index contributed by atoms with van der Waals surface area (Å²) in [6.07, 6.45) is 1.51. The summed E-state index contributed by atoms with van der Waals surface area (Å²) in [5.74, 6) is 0. The molecule has 1 heterocycles. The molecule has 1 aliphatic heterocycles. The third-order valence-corrected chi connectivity index (χ3v) is 3.02. The number of likely N-dealkylation sites (N-methyl/N-ethyl adjacent to an activating group) is 1. The predicted octanol–water partition coefficient (Wildman–Crippen LogP) is 1.09. The van der Waals surface area contributed by atoms with Crippen molar-refractivity contribution in [3.8, 4) is 0 Å². The zero-order valence-corrected chi connectivity index (χ0v) is 9.92. The van der Waals surface area contributed by atoms with E-state index in [1.165, 1.54) is 0 Å². The molecule has 3 heteroatoms. The van der Waals surface area contributed by atoms with E-state index in [9.17, 15) is 0 Å². The van der Waals surface area contributed by atoms with E-state index in [2.05, 4.69) is 31.0 Å². The first-order valence-corrected chi connectivity index (χ1v) is 5.72. The van der Waals surface area contributed by atoms with Crippen LogP contribution in [0.1, 0.15) is 27.2 Å². The van der Waals surface area contributed by atoms with Gasteiger partial charge in [0.05, 0.1) is 12.7 Å². The zero-order valence-electron chi connectivity index (χ0n) is 9.92. The predicted molar refractivity (Wildman–Crippen MR) is 59.6 cm³/mol. The minimum Gasteiger partial charge on any atom is -0.375 e. The number of nitrogens with one attached hydrogen (secondary N) is 1. The second-order valence-electron chi connectivity index (χ2n) is 4.27. The Morgan fingerprint density at radius 1 is 1.50 bits per heavy atom. The van der Waals surface area contributed by atoms with Crippen molar-refractivity contribution in [3.05, 3.63) is 0 Å². The van der Waals surface area contributed by atoms with Crippen LogP contribution in [0.4, 0.5) is 0 Å². The molecule has 1 rings (SSSR count). The van der Waals surface area contributed by atoms with Gasteiger partial charge in [0.15, 0.2) is 0 Å². The topological polar surface area (TPSA) is 24.5 Å². The van der Waals surface area contributed by atoms with Gasteiger partial charge in [-0.1, -0.05) is 6.92 Å². The summed E-state index contributed by atoms with van der Waals surface area (Å²) in [5, 5.41) is 3.26. The van der Waals surface area contributed by atoms with Gasteiger partial charge < -0.3 is 10.1 Å². The molecule has 84 valence electrons. The van der Waals surface area contributed by atoms with Gasteiger partial charge in [-0.25, -0.2) is 0 Å². The van der Waals surface area contributed by atoms with Crippen molar-refractivity contribution in [2.24, 2.45) is 0 Å². The van der Waals surface area contributed by atoms with Crippen molar-refractivity contribution >= 4 is 0 Å². The first-order chi connectivity index (χ1) is 6.70. The third kappa shape index (κ3) is 2.69. The molecule has 0 spiro atoms. The Bertz CT molecular complexity index is 161. The zero-order chi connectivity index (χ0) is 10.6. The monoisotopic (exact) mass is 200 g/mol.